The molecular weight excluding hydrogens is 192 g/mol. The quantitative estimate of drug-likeness (QED) is 0.673. The van der Waals surface area contributed by atoms with Gasteiger partial charge in [-0.2, -0.15) is 0 Å². The van der Waals surface area contributed by atoms with Gasteiger partial charge in [-0.1, -0.05) is 0 Å². The lowest BCUT2D eigenvalue weighted by Crippen LogP contribution is -2.35. The molecule has 0 heterocycles. The molecule has 2 aliphatic carbocycles. The molecule has 0 spiro atoms. The van der Waals surface area contributed by atoms with Crippen LogP contribution < -0.4 is 0 Å². The maximum Gasteiger partial charge on any atom is 0.308 e. The van der Waals surface area contributed by atoms with E-state index in [4.69, 9.17) is 4.74 Å². The van der Waals surface area contributed by atoms with E-state index in [1.807, 2.05) is 0 Å². The summed E-state index contributed by atoms with van der Waals surface area (Å²) < 4.78 is 4.80. The summed E-state index contributed by atoms with van der Waals surface area (Å²) in [5.41, 5.74) is 0. The van der Waals surface area contributed by atoms with Gasteiger partial charge in [0.05, 0.1) is 19.1 Å². The van der Waals surface area contributed by atoms with Crippen LogP contribution in [0.5, 0.6) is 0 Å². The van der Waals surface area contributed by atoms with Crippen LogP contribution in [0.15, 0.2) is 0 Å². The first-order chi connectivity index (χ1) is 7.20. The standard InChI is InChI=1S/C12H20O3/c1-15-12(14)10-3-2-9-7-11(13)5-4-8(9)6-10/h8-11,13H,2-7H2,1H3. The highest BCUT2D eigenvalue weighted by Gasteiger charge is 2.37. The summed E-state index contributed by atoms with van der Waals surface area (Å²) in [7, 11) is 1.47. The van der Waals surface area contributed by atoms with Crippen molar-refractivity contribution in [1.82, 2.24) is 0 Å². The maximum absolute atomic E-state index is 11.4. The minimum Gasteiger partial charge on any atom is -0.469 e. The monoisotopic (exact) mass is 212 g/mol. The SMILES string of the molecule is COC(=O)C1CCC2CC(O)CCC2C1. The second-order valence-electron chi connectivity index (χ2n) is 5.02. The fraction of sp³-hybridized carbons (Fsp3) is 0.917. The fourth-order valence-corrected chi connectivity index (χ4v) is 3.25. The van der Waals surface area contributed by atoms with Gasteiger partial charge in [-0.3, -0.25) is 4.79 Å². The highest BCUT2D eigenvalue weighted by molar-refractivity contribution is 5.72. The molecule has 0 amide bonds. The Morgan fingerprint density at radius 2 is 1.80 bits per heavy atom. The van der Waals surface area contributed by atoms with E-state index >= 15 is 0 Å². The van der Waals surface area contributed by atoms with E-state index in [0.29, 0.717) is 11.8 Å². The van der Waals surface area contributed by atoms with Gasteiger partial charge in [0.15, 0.2) is 0 Å². The van der Waals surface area contributed by atoms with Crippen LogP contribution in [0.25, 0.3) is 0 Å². The Kier molecular flexibility index (Phi) is 3.29. The molecule has 2 aliphatic rings. The van der Waals surface area contributed by atoms with Crippen LogP contribution in [-0.4, -0.2) is 24.3 Å². The van der Waals surface area contributed by atoms with Crippen LogP contribution in [0, 0.1) is 17.8 Å². The third-order valence-electron chi connectivity index (χ3n) is 4.12. The van der Waals surface area contributed by atoms with Crippen molar-refractivity contribution in [3.63, 3.8) is 0 Å². The van der Waals surface area contributed by atoms with E-state index in [-0.39, 0.29) is 18.0 Å². The van der Waals surface area contributed by atoms with Crippen molar-refractivity contribution in [2.45, 2.75) is 44.6 Å². The van der Waals surface area contributed by atoms with E-state index < -0.39 is 0 Å². The van der Waals surface area contributed by atoms with Crippen LogP contribution in [0.3, 0.4) is 0 Å². The molecule has 3 nitrogen and oxygen atoms in total. The number of fused-ring (bicyclic) bond motifs is 1. The minimum atomic E-state index is -0.0964. The lowest BCUT2D eigenvalue weighted by Gasteiger charge is -2.40. The lowest BCUT2D eigenvalue weighted by molar-refractivity contribution is -0.148. The first-order valence-corrected chi connectivity index (χ1v) is 5.96. The molecule has 4 unspecified atom stereocenters. The first-order valence-electron chi connectivity index (χ1n) is 5.96. The molecule has 15 heavy (non-hydrogen) atoms. The van der Waals surface area contributed by atoms with Crippen LogP contribution in [0.4, 0.5) is 0 Å². The van der Waals surface area contributed by atoms with Gasteiger partial charge in [-0.25, -0.2) is 0 Å². The van der Waals surface area contributed by atoms with Gasteiger partial charge in [0, 0.05) is 0 Å². The molecule has 4 atom stereocenters. The maximum atomic E-state index is 11.4. The largest absolute Gasteiger partial charge is 0.469 e. The molecule has 86 valence electrons. The summed E-state index contributed by atoms with van der Waals surface area (Å²) in [5.74, 6) is 1.37. The Morgan fingerprint density at radius 1 is 1.13 bits per heavy atom. The number of hydrogen-bond acceptors (Lipinski definition) is 3. The van der Waals surface area contributed by atoms with Crippen molar-refractivity contribution >= 4 is 5.97 Å². The summed E-state index contributed by atoms with van der Waals surface area (Å²) >= 11 is 0. The molecule has 1 N–H and O–H groups in total. The van der Waals surface area contributed by atoms with Crippen molar-refractivity contribution in [2.75, 3.05) is 7.11 Å². The Morgan fingerprint density at radius 3 is 2.53 bits per heavy atom. The molecular formula is C12H20O3. The number of esters is 1. The van der Waals surface area contributed by atoms with Gasteiger partial charge in [0.2, 0.25) is 0 Å². The zero-order valence-electron chi connectivity index (χ0n) is 9.32. The van der Waals surface area contributed by atoms with E-state index in [9.17, 15) is 9.90 Å². The molecule has 0 saturated heterocycles. The highest BCUT2D eigenvalue weighted by atomic mass is 16.5. The van der Waals surface area contributed by atoms with Gasteiger partial charge in [0.1, 0.15) is 0 Å². The highest BCUT2D eigenvalue weighted by Crippen LogP contribution is 2.42. The smallest absolute Gasteiger partial charge is 0.308 e. The number of ether oxygens (including phenoxy) is 1. The number of carbonyl (C=O) groups excluding carboxylic acids is 1. The molecule has 2 fully saturated rings. The molecule has 0 radical (unpaired) electrons. The van der Waals surface area contributed by atoms with Crippen molar-refractivity contribution in [2.24, 2.45) is 17.8 Å². The summed E-state index contributed by atoms with van der Waals surface area (Å²) in [5, 5.41) is 9.58. The molecule has 0 bridgehead atoms. The first kappa shape index (κ1) is 10.9. The van der Waals surface area contributed by atoms with E-state index in [1.54, 1.807) is 0 Å². The van der Waals surface area contributed by atoms with E-state index in [0.717, 1.165) is 38.5 Å². The Balaban J connectivity index is 1.92. The van der Waals surface area contributed by atoms with Gasteiger partial charge in [0.25, 0.3) is 0 Å². The predicted octanol–water partition coefficient (Wildman–Crippen LogP) is 1.74. The fourth-order valence-electron chi connectivity index (χ4n) is 3.25. The second-order valence-corrected chi connectivity index (χ2v) is 5.02. The van der Waals surface area contributed by atoms with Gasteiger partial charge in [-0.05, 0) is 50.4 Å². The molecule has 2 saturated carbocycles. The number of aliphatic hydroxyl groups excluding tert-OH is 1. The number of carbonyl (C=O) groups is 1. The summed E-state index contributed by atoms with van der Waals surface area (Å²) in [4.78, 5) is 11.4. The van der Waals surface area contributed by atoms with Crippen molar-refractivity contribution < 1.29 is 14.6 Å². The van der Waals surface area contributed by atoms with Crippen LogP contribution >= 0.6 is 0 Å². The van der Waals surface area contributed by atoms with E-state index in [2.05, 4.69) is 0 Å². The third-order valence-corrected chi connectivity index (χ3v) is 4.12. The van der Waals surface area contributed by atoms with Crippen molar-refractivity contribution in [3.05, 3.63) is 0 Å². The van der Waals surface area contributed by atoms with Crippen molar-refractivity contribution in [1.29, 1.82) is 0 Å². The molecule has 0 aromatic carbocycles. The molecule has 0 aliphatic heterocycles. The predicted molar refractivity (Wildman–Crippen MR) is 56.2 cm³/mol. The van der Waals surface area contributed by atoms with Crippen LogP contribution in [0.2, 0.25) is 0 Å². The Labute approximate surface area is 90.8 Å². The summed E-state index contributed by atoms with van der Waals surface area (Å²) in [6, 6.07) is 0. The van der Waals surface area contributed by atoms with Crippen molar-refractivity contribution in [3.8, 4) is 0 Å². The normalized spacial score (nSPS) is 40.7. The molecule has 0 aromatic rings. The van der Waals surface area contributed by atoms with Gasteiger partial charge in [-0.15, -0.1) is 0 Å². The summed E-state index contributed by atoms with van der Waals surface area (Å²) in [6.45, 7) is 0. The number of rotatable bonds is 1. The zero-order valence-corrected chi connectivity index (χ0v) is 9.32. The summed E-state index contributed by atoms with van der Waals surface area (Å²) in [6.07, 6.45) is 5.85. The Hall–Kier alpha value is -0.570. The van der Waals surface area contributed by atoms with Crippen LogP contribution in [-0.2, 0) is 9.53 Å². The number of aliphatic hydroxyl groups is 1. The molecule has 0 aromatic heterocycles. The van der Waals surface area contributed by atoms with E-state index in [1.165, 1.54) is 7.11 Å². The topological polar surface area (TPSA) is 46.5 Å². The third kappa shape index (κ3) is 2.33. The molecule has 2 rings (SSSR count). The lowest BCUT2D eigenvalue weighted by atomic mass is 9.67. The average Bonchev–Trinajstić information content (AvgIpc) is 2.27. The number of methoxy groups -OCH3 is 1. The van der Waals surface area contributed by atoms with Crippen LogP contribution in [0.1, 0.15) is 38.5 Å². The number of hydrogen-bond donors (Lipinski definition) is 1. The van der Waals surface area contributed by atoms with Gasteiger partial charge >= 0.3 is 5.97 Å². The average molecular weight is 212 g/mol. The zero-order chi connectivity index (χ0) is 10.8. The second kappa shape index (κ2) is 4.52. The molecule has 3 heteroatoms. The minimum absolute atomic E-state index is 0.0421. The van der Waals surface area contributed by atoms with Gasteiger partial charge < -0.3 is 9.84 Å². The Bertz CT molecular complexity index is 239.